The second-order valence-corrected chi connectivity index (χ2v) is 10.4. The molecule has 2 aromatic carbocycles. The normalized spacial score (nSPS) is 17.9. The van der Waals surface area contributed by atoms with Gasteiger partial charge in [0, 0.05) is 5.69 Å². The largest absolute Gasteiger partial charge is 0.354 e. The molecule has 0 unspecified atom stereocenters. The second-order valence-electron chi connectivity index (χ2n) is 8.20. The molecule has 0 heterocycles. The van der Waals surface area contributed by atoms with Crippen molar-refractivity contribution in [3.63, 3.8) is 0 Å². The number of fused-ring (bicyclic) bond motifs is 2. The van der Waals surface area contributed by atoms with Gasteiger partial charge in [-0.1, -0.05) is 36.4 Å². The zero-order valence-corrected chi connectivity index (χ0v) is 17.8. The number of carbonyl (C=O) groups is 1. The fourth-order valence-electron chi connectivity index (χ4n) is 4.50. The van der Waals surface area contributed by atoms with Crippen molar-refractivity contribution in [2.45, 2.75) is 63.5 Å². The summed E-state index contributed by atoms with van der Waals surface area (Å²) < 4.78 is 16.8. The number of benzene rings is 2. The number of nitrogens with one attached hydrogen (secondary N) is 1. The van der Waals surface area contributed by atoms with E-state index in [-0.39, 0.29) is 5.25 Å². The highest BCUT2D eigenvalue weighted by atomic mass is 32.2. The molecule has 2 amide bonds. The summed E-state index contributed by atoms with van der Waals surface area (Å²) in [5, 5.41) is 8.59. The van der Waals surface area contributed by atoms with Crippen molar-refractivity contribution in [1.29, 1.82) is 0 Å². The molecule has 0 aromatic heterocycles. The molecule has 3 N–H and O–H groups in total. The SMILES string of the molecule is C[C@@H](CCc1ccccc1)[S@@](N)(=O)=NC(=O)Nc1c2c(cc3c1CCC3)CCC2. The zero-order chi connectivity index (χ0) is 20.4. The van der Waals surface area contributed by atoms with E-state index < -0.39 is 15.9 Å². The van der Waals surface area contributed by atoms with Crippen LogP contribution in [0.1, 0.15) is 54.0 Å². The van der Waals surface area contributed by atoms with Gasteiger partial charge in [0.15, 0.2) is 0 Å². The number of amides is 2. The van der Waals surface area contributed by atoms with Crippen molar-refractivity contribution >= 4 is 21.6 Å². The first kappa shape index (κ1) is 20.1. The van der Waals surface area contributed by atoms with Crippen LogP contribution >= 0.6 is 0 Å². The Morgan fingerprint density at radius 3 is 2.34 bits per heavy atom. The first-order valence-electron chi connectivity index (χ1n) is 10.5. The topological polar surface area (TPSA) is 84.6 Å². The summed E-state index contributed by atoms with van der Waals surface area (Å²) >= 11 is 0. The summed E-state index contributed by atoms with van der Waals surface area (Å²) in [5.41, 5.74) is 7.21. The molecular weight excluding hydrogens is 382 g/mol. The Hall–Kier alpha value is -2.18. The van der Waals surface area contributed by atoms with Crippen LogP contribution in [0.2, 0.25) is 0 Å². The maximum Gasteiger partial charge on any atom is 0.354 e. The molecule has 6 heteroatoms. The smallest absolute Gasteiger partial charge is 0.305 e. The molecule has 0 saturated carbocycles. The Bertz CT molecular complexity index is 1010. The highest BCUT2D eigenvalue weighted by Crippen LogP contribution is 2.38. The zero-order valence-electron chi connectivity index (χ0n) is 16.9. The third-order valence-corrected chi connectivity index (χ3v) is 8.03. The van der Waals surface area contributed by atoms with Crippen LogP contribution in [0.4, 0.5) is 10.5 Å². The maximum atomic E-state index is 12.9. The lowest BCUT2D eigenvalue weighted by atomic mass is 9.99. The van der Waals surface area contributed by atoms with Crippen LogP contribution in [0.15, 0.2) is 40.8 Å². The molecule has 0 aliphatic heterocycles. The van der Waals surface area contributed by atoms with Crippen molar-refractivity contribution in [3.8, 4) is 0 Å². The van der Waals surface area contributed by atoms with E-state index in [1.807, 2.05) is 30.3 Å². The summed E-state index contributed by atoms with van der Waals surface area (Å²) in [6, 6.07) is 11.7. The van der Waals surface area contributed by atoms with Crippen molar-refractivity contribution in [2.75, 3.05) is 5.32 Å². The first-order chi connectivity index (χ1) is 13.9. The van der Waals surface area contributed by atoms with Gasteiger partial charge in [-0.05, 0) is 86.1 Å². The Kier molecular flexibility index (Phi) is 5.74. The van der Waals surface area contributed by atoms with Crippen LogP contribution in [0.25, 0.3) is 0 Å². The minimum atomic E-state index is -3.11. The number of nitrogens with zero attached hydrogens (tertiary/aromatic N) is 1. The lowest BCUT2D eigenvalue weighted by Gasteiger charge is -2.16. The number of urea groups is 1. The van der Waals surface area contributed by atoms with Gasteiger partial charge < -0.3 is 5.32 Å². The lowest BCUT2D eigenvalue weighted by molar-refractivity contribution is 0.260. The van der Waals surface area contributed by atoms with Crippen LogP contribution in [-0.2, 0) is 42.0 Å². The van der Waals surface area contributed by atoms with Crippen molar-refractivity contribution in [2.24, 2.45) is 9.50 Å². The molecule has 0 fully saturated rings. The van der Waals surface area contributed by atoms with Crippen LogP contribution in [0, 0.1) is 0 Å². The van der Waals surface area contributed by atoms with E-state index in [0.29, 0.717) is 6.42 Å². The fourth-order valence-corrected chi connectivity index (χ4v) is 5.44. The van der Waals surface area contributed by atoms with Gasteiger partial charge in [-0.3, -0.25) is 0 Å². The Balaban J connectivity index is 1.50. The number of hydrogen-bond donors (Lipinski definition) is 2. The third-order valence-electron chi connectivity index (χ3n) is 6.19. The number of rotatable bonds is 5. The van der Waals surface area contributed by atoms with Gasteiger partial charge in [-0.25, -0.2) is 14.1 Å². The van der Waals surface area contributed by atoms with Crippen LogP contribution in [0.3, 0.4) is 0 Å². The summed E-state index contributed by atoms with van der Waals surface area (Å²) in [6.45, 7) is 1.81. The molecule has 2 aliphatic carbocycles. The van der Waals surface area contributed by atoms with Gasteiger partial charge in [0.05, 0.1) is 5.25 Å². The number of aryl methyl sites for hydroxylation is 3. The molecule has 154 valence electrons. The van der Waals surface area contributed by atoms with Gasteiger partial charge in [0.25, 0.3) is 0 Å². The average Bonchev–Trinajstić information content (AvgIpc) is 3.35. The Morgan fingerprint density at radius 1 is 1.10 bits per heavy atom. The summed E-state index contributed by atoms with van der Waals surface area (Å²) in [6.07, 6.45) is 7.68. The number of nitrogens with two attached hydrogens (primary N) is 1. The summed E-state index contributed by atoms with van der Waals surface area (Å²) in [4.78, 5) is 12.7. The molecule has 0 radical (unpaired) electrons. The van der Waals surface area contributed by atoms with E-state index in [1.165, 1.54) is 22.3 Å². The van der Waals surface area contributed by atoms with E-state index in [1.54, 1.807) is 6.92 Å². The molecule has 0 bridgehead atoms. The van der Waals surface area contributed by atoms with E-state index in [9.17, 15) is 9.00 Å². The molecule has 2 atom stereocenters. The predicted octanol–water partition coefficient (Wildman–Crippen LogP) is 4.56. The minimum absolute atomic E-state index is 0.374. The monoisotopic (exact) mass is 411 g/mol. The molecule has 5 nitrogen and oxygen atoms in total. The van der Waals surface area contributed by atoms with Gasteiger partial charge >= 0.3 is 6.03 Å². The Labute approximate surface area is 173 Å². The fraction of sp³-hybridized carbons (Fsp3) is 0.435. The van der Waals surface area contributed by atoms with Crippen molar-refractivity contribution < 1.29 is 9.00 Å². The average molecular weight is 412 g/mol. The highest BCUT2D eigenvalue weighted by molar-refractivity contribution is 7.92. The standard InChI is InChI=1S/C23H29N3O2S/c1-16(13-14-17-7-3-2-4-8-17)29(24,28)26-23(27)25-22-20-11-5-9-18(20)15-19-10-6-12-21(19)22/h2-4,7-8,15-16H,5-6,9-14H2,1H3,(H3,24,25,26,27,28)/t16-,29-/m0/s1. The lowest BCUT2D eigenvalue weighted by Crippen LogP contribution is -2.28. The maximum absolute atomic E-state index is 12.9. The molecule has 0 saturated heterocycles. The summed E-state index contributed by atoms with van der Waals surface area (Å²) in [5.74, 6) is 0. The predicted molar refractivity (Wildman–Crippen MR) is 118 cm³/mol. The first-order valence-corrected chi connectivity index (χ1v) is 12.1. The van der Waals surface area contributed by atoms with Crippen LogP contribution in [-0.4, -0.2) is 15.5 Å². The number of anilines is 1. The van der Waals surface area contributed by atoms with Crippen LogP contribution in [0.5, 0.6) is 0 Å². The molecular formula is C23H29N3O2S. The van der Waals surface area contributed by atoms with E-state index in [4.69, 9.17) is 5.14 Å². The highest BCUT2D eigenvalue weighted by Gasteiger charge is 2.25. The molecule has 2 aliphatic rings. The Morgan fingerprint density at radius 2 is 1.72 bits per heavy atom. The molecule has 2 aromatic rings. The van der Waals surface area contributed by atoms with Crippen molar-refractivity contribution in [1.82, 2.24) is 0 Å². The van der Waals surface area contributed by atoms with E-state index >= 15 is 0 Å². The van der Waals surface area contributed by atoms with Crippen molar-refractivity contribution in [3.05, 3.63) is 64.2 Å². The van der Waals surface area contributed by atoms with Gasteiger partial charge in [0.2, 0.25) is 0 Å². The second kappa shape index (κ2) is 8.28. The van der Waals surface area contributed by atoms with Gasteiger partial charge in [0.1, 0.15) is 9.92 Å². The molecule has 0 spiro atoms. The van der Waals surface area contributed by atoms with Gasteiger partial charge in [-0.15, -0.1) is 4.36 Å². The molecule has 29 heavy (non-hydrogen) atoms. The summed E-state index contributed by atoms with van der Waals surface area (Å²) in [7, 11) is -3.11. The minimum Gasteiger partial charge on any atom is -0.305 e. The number of hydrogen-bond acceptors (Lipinski definition) is 2. The molecule has 4 rings (SSSR count). The quantitative estimate of drug-likeness (QED) is 0.756. The van der Waals surface area contributed by atoms with E-state index in [2.05, 4.69) is 15.7 Å². The third kappa shape index (κ3) is 4.38. The van der Waals surface area contributed by atoms with Gasteiger partial charge in [-0.2, -0.15) is 0 Å². The number of carbonyl (C=O) groups excluding carboxylic acids is 1. The van der Waals surface area contributed by atoms with Crippen LogP contribution < -0.4 is 10.5 Å². The van der Waals surface area contributed by atoms with E-state index in [0.717, 1.165) is 56.2 Å².